The van der Waals surface area contributed by atoms with E-state index in [4.69, 9.17) is 0 Å². The second kappa shape index (κ2) is 4.65. The van der Waals surface area contributed by atoms with Crippen molar-refractivity contribution >= 4 is 39.1 Å². The SMILES string of the molecule is CN1C(=O)CC(NCc2sccc2Br)C1=O. The summed E-state index contributed by atoms with van der Waals surface area (Å²) < 4.78 is 1.04. The highest BCUT2D eigenvalue weighted by Gasteiger charge is 2.35. The zero-order chi connectivity index (χ0) is 11.7. The van der Waals surface area contributed by atoms with E-state index in [1.54, 1.807) is 11.3 Å². The maximum absolute atomic E-state index is 11.6. The van der Waals surface area contributed by atoms with Gasteiger partial charge in [0.15, 0.2) is 0 Å². The molecule has 0 bridgehead atoms. The number of rotatable bonds is 3. The van der Waals surface area contributed by atoms with E-state index in [1.165, 1.54) is 11.9 Å². The number of likely N-dealkylation sites (tertiary alicyclic amines) is 1. The second-order valence-corrected chi connectivity index (χ2v) is 5.48. The molecule has 1 N–H and O–H groups in total. The molecule has 86 valence electrons. The van der Waals surface area contributed by atoms with Gasteiger partial charge in [0.1, 0.15) is 0 Å². The number of halogens is 1. The normalized spacial score (nSPS) is 20.9. The third-order valence-electron chi connectivity index (χ3n) is 2.58. The summed E-state index contributed by atoms with van der Waals surface area (Å²) in [7, 11) is 1.52. The Labute approximate surface area is 106 Å². The van der Waals surface area contributed by atoms with Crippen LogP contribution in [0.25, 0.3) is 0 Å². The number of nitrogens with zero attached hydrogens (tertiary/aromatic N) is 1. The third kappa shape index (κ3) is 2.18. The standard InChI is InChI=1S/C10H11BrN2O2S/c1-13-9(14)4-7(10(13)15)12-5-8-6(11)2-3-16-8/h2-3,7,12H,4-5H2,1H3. The van der Waals surface area contributed by atoms with Crippen molar-refractivity contribution in [1.29, 1.82) is 0 Å². The van der Waals surface area contributed by atoms with Crippen molar-refractivity contribution < 1.29 is 9.59 Å². The molecule has 0 aliphatic carbocycles. The number of thiophene rings is 1. The van der Waals surface area contributed by atoms with E-state index in [-0.39, 0.29) is 24.3 Å². The van der Waals surface area contributed by atoms with Crippen LogP contribution in [0.15, 0.2) is 15.9 Å². The Balaban J connectivity index is 1.95. The van der Waals surface area contributed by atoms with Gasteiger partial charge in [0.05, 0.1) is 12.5 Å². The van der Waals surface area contributed by atoms with E-state index in [0.29, 0.717) is 6.54 Å². The zero-order valence-electron chi connectivity index (χ0n) is 8.70. The van der Waals surface area contributed by atoms with E-state index in [1.807, 2.05) is 11.4 Å². The van der Waals surface area contributed by atoms with Crippen LogP contribution in [0, 0.1) is 0 Å². The predicted molar refractivity (Wildman–Crippen MR) is 65.0 cm³/mol. The van der Waals surface area contributed by atoms with Crippen LogP contribution in [0.5, 0.6) is 0 Å². The van der Waals surface area contributed by atoms with Crippen LogP contribution in [-0.4, -0.2) is 29.8 Å². The van der Waals surface area contributed by atoms with Crippen molar-refractivity contribution in [2.45, 2.75) is 19.0 Å². The molecular formula is C10H11BrN2O2S. The van der Waals surface area contributed by atoms with Crippen molar-refractivity contribution in [3.8, 4) is 0 Å². The van der Waals surface area contributed by atoms with Gasteiger partial charge in [-0.15, -0.1) is 11.3 Å². The number of nitrogens with one attached hydrogen (secondary N) is 1. The lowest BCUT2D eigenvalue weighted by atomic mass is 10.2. The van der Waals surface area contributed by atoms with E-state index in [9.17, 15) is 9.59 Å². The van der Waals surface area contributed by atoms with E-state index < -0.39 is 0 Å². The number of likely N-dealkylation sites (N-methyl/N-ethyl adjacent to an activating group) is 1. The monoisotopic (exact) mass is 302 g/mol. The summed E-state index contributed by atoms with van der Waals surface area (Å²) in [5.74, 6) is -0.259. The summed E-state index contributed by atoms with van der Waals surface area (Å²) in [5, 5.41) is 5.08. The fourth-order valence-corrected chi connectivity index (χ4v) is 3.03. The molecule has 0 saturated carbocycles. The van der Waals surface area contributed by atoms with Crippen LogP contribution in [-0.2, 0) is 16.1 Å². The van der Waals surface area contributed by atoms with Gasteiger partial charge in [-0.1, -0.05) is 0 Å². The molecule has 4 nitrogen and oxygen atoms in total. The molecule has 1 saturated heterocycles. The maximum atomic E-state index is 11.6. The van der Waals surface area contributed by atoms with Crippen molar-refractivity contribution in [2.24, 2.45) is 0 Å². The molecule has 16 heavy (non-hydrogen) atoms. The average molecular weight is 303 g/mol. The number of carbonyl (C=O) groups is 2. The van der Waals surface area contributed by atoms with Gasteiger partial charge in [-0.25, -0.2) is 0 Å². The summed E-state index contributed by atoms with van der Waals surface area (Å²) >= 11 is 5.04. The Hall–Kier alpha value is -0.720. The number of amides is 2. The fraction of sp³-hybridized carbons (Fsp3) is 0.400. The molecule has 1 aromatic rings. The number of hydrogen-bond acceptors (Lipinski definition) is 4. The lowest BCUT2D eigenvalue weighted by Crippen LogP contribution is -2.36. The molecular weight excluding hydrogens is 292 g/mol. The summed E-state index contributed by atoms with van der Waals surface area (Å²) in [6, 6.07) is 1.60. The Kier molecular flexibility index (Phi) is 3.41. The van der Waals surface area contributed by atoms with Gasteiger partial charge in [0.2, 0.25) is 11.8 Å². The molecule has 6 heteroatoms. The highest BCUT2D eigenvalue weighted by atomic mass is 79.9. The van der Waals surface area contributed by atoms with E-state index >= 15 is 0 Å². The molecule has 2 heterocycles. The van der Waals surface area contributed by atoms with Crippen LogP contribution in [0.3, 0.4) is 0 Å². The molecule has 1 unspecified atom stereocenters. The average Bonchev–Trinajstić information content (AvgIpc) is 2.76. The largest absolute Gasteiger partial charge is 0.300 e. The number of hydrogen-bond donors (Lipinski definition) is 1. The fourth-order valence-electron chi connectivity index (χ4n) is 1.58. The third-order valence-corrected chi connectivity index (χ3v) is 4.51. The van der Waals surface area contributed by atoms with E-state index in [0.717, 1.165) is 9.35 Å². The predicted octanol–water partition coefficient (Wildman–Crippen LogP) is 1.36. The summed E-state index contributed by atoms with van der Waals surface area (Å²) in [6.07, 6.45) is 0.262. The van der Waals surface area contributed by atoms with Gasteiger partial charge in [-0.3, -0.25) is 14.5 Å². The summed E-state index contributed by atoms with van der Waals surface area (Å²) in [5.41, 5.74) is 0. The summed E-state index contributed by atoms with van der Waals surface area (Å²) in [6.45, 7) is 0.607. The molecule has 0 spiro atoms. The molecule has 1 aromatic heterocycles. The minimum atomic E-state index is -0.369. The molecule has 1 atom stereocenters. The molecule has 0 aromatic carbocycles. The van der Waals surface area contributed by atoms with Gasteiger partial charge in [0.25, 0.3) is 0 Å². The minimum absolute atomic E-state index is 0.118. The Morgan fingerprint density at radius 3 is 2.88 bits per heavy atom. The highest BCUT2D eigenvalue weighted by molar-refractivity contribution is 9.10. The van der Waals surface area contributed by atoms with Crippen LogP contribution < -0.4 is 5.32 Å². The first-order valence-corrected chi connectivity index (χ1v) is 6.52. The second-order valence-electron chi connectivity index (χ2n) is 3.62. The molecule has 2 rings (SSSR count). The molecule has 2 amide bonds. The van der Waals surface area contributed by atoms with Gasteiger partial charge >= 0.3 is 0 Å². The van der Waals surface area contributed by atoms with Crippen LogP contribution in [0.4, 0.5) is 0 Å². The Morgan fingerprint density at radius 2 is 2.38 bits per heavy atom. The first-order valence-electron chi connectivity index (χ1n) is 4.85. The van der Waals surface area contributed by atoms with Crippen LogP contribution in [0.1, 0.15) is 11.3 Å². The van der Waals surface area contributed by atoms with Crippen molar-refractivity contribution in [2.75, 3.05) is 7.05 Å². The zero-order valence-corrected chi connectivity index (χ0v) is 11.1. The van der Waals surface area contributed by atoms with Crippen LogP contribution >= 0.6 is 27.3 Å². The molecule has 0 radical (unpaired) electrons. The summed E-state index contributed by atoms with van der Waals surface area (Å²) in [4.78, 5) is 25.2. The van der Waals surface area contributed by atoms with Crippen molar-refractivity contribution in [3.05, 3.63) is 20.8 Å². The first kappa shape index (κ1) is 11.8. The minimum Gasteiger partial charge on any atom is -0.300 e. The lowest BCUT2D eigenvalue weighted by molar-refractivity contribution is -0.137. The number of carbonyl (C=O) groups excluding carboxylic acids is 2. The molecule has 1 fully saturated rings. The topological polar surface area (TPSA) is 49.4 Å². The van der Waals surface area contributed by atoms with Crippen LogP contribution in [0.2, 0.25) is 0 Å². The number of imide groups is 1. The first-order chi connectivity index (χ1) is 7.59. The maximum Gasteiger partial charge on any atom is 0.246 e. The van der Waals surface area contributed by atoms with Gasteiger partial charge in [0, 0.05) is 22.9 Å². The Bertz CT molecular complexity index is 432. The van der Waals surface area contributed by atoms with Crippen molar-refractivity contribution in [1.82, 2.24) is 10.2 Å². The van der Waals surface area contributed by atoms with Gasteiger partial charge in [-0.2, -0.15) is 0 Å². The van der Waals surface area contributed by atoms with Gasteiger partial charge < -0.3 is 5.32 Å². The quantitative estimate of drug-likeness (QED) is 0.858. The Morgan fingerprint density at radius 1 is 1.62 bits per heavy atom. The van der Waals surface area contributed by atoms with E-state index in [2.05, 4.69) is 21.2 Å². The smallest absolute Gasteiger partial charge is 0.246 e. The van der Waals surface area contributed by atoms with Crippen molar-refractivity contribution in [3.63, 3.8) is 0 Å². The highest BCUT2D eigenvalue weighted by Crippen LogP contribution is 2.23. The van der Waals surface area contributed by atoms with Gasteiger partial charge in [-0.05, 0) is 27.4 Å². The molecule has 1 aliphatic rings. The molecule has 1 aliphatic heterocycles. The lowest BCUT2D eigenvalue weighted by Gasteiger charge is -2.10.